The number of amides is 1. The molecule has 0 radical (unpaired) electrons. The van der Waals surface area contributed by atoms with Gasteiger partial charge in [0, 0.05) is 38.8 Å². The van der Waals surface area contributed by atoms with Crippen molar-refractivity contribution >= 4 is 17.5 Å². The molecule has 1 N–H and O–H groups in total. The van der Waals surface area contributed by atoms with Crippen molar-refractivity contribution in [1.82, 2.24) is 14.9 Å². The van der Waals surface area contributed by atoms with Gasteiger partial charge in [-0.15, -0.1) is 0 Å². The normalized spacial score (nSPS) is 14.2. The summed E-state index contributed by atoms with van der Waals surface area (Å²) >= 11 is 0. The minimum Gasteiger partial charge on any atom is -0.497 e. The number of aromatic nitrogens is 2. The highest BCUT2D eigenvalue weighted by molar-refractivity contribution is 5.79. The van der Waals surface area contributed by atoms with Crippen molar-refractivity contribution in [2.24, 2.45) is 0 Å². The number of carbonyl (C=O) groups excluding carboxylic acids is 1. The molecule has 1 fully saturated rings. The van der Waals surface area contributed by atoms with Crippen LogP contribution >= 0.6 is 0 Å². The molecule has 1 aliphatic heterocycles. The van der Waals surface area contributed by atoms with Gasteiger partial charge in [-0.2, -0.15) is 0 Å². The van der Waals surface area contributed by atoms with Crippen molar-refractivity contribution < 1.29 is 9.53 Å². The van der Waals surface area contributed by atoms with Crippen molar-refractivity contribution in [3.8, 4) is 5.75 Å². The Morgan fingerprint density at radius 2 is 1.85 bits per heavy atom. The number of anilines is 2. The number of methoxy groups -OCH3 is 1. The minimum atomic E-state index is 0.159. The van der Waals surface area contributed by atoms with Crippen molar-refractivity contribution in [2.75, 3.05) is 50.1 Å². The highest BCUT2D eigenvalue weighted by atomic mass is 16.5. The molecule has 0 aliphatic carbocycles. The summed E-state index contributed by atoms with van der Waals surface area (Å²) < 4.78 is 5.16. The molecule has 144 valence electrons. The number of piperazine rings is 1. The summed E-state index contributed by atoms with van der Waals surface area (Å²) in [7, 11) is 1.64. The van der Waals surface area contributed by atoms with Crippen LogP contribution < -0.4 is 15.0 Å². The molecular weight excluding hydrogens is 342 g/mol. The van der Waals surface area contributed by atoms with Gasteiger partial charge in [-0.3, -0.25) is 4.79 Å². The van der Waals surface area contributed by atoms with Crippen LogP contribution in [-0.4, -0.2) is 60.6 Å². The van der Waals surface area contributed by atoms with Crippen molar-refractivity contribution in [3.05, 3.63) is 41.7 Å². The third-order valence-electron chi connectivity index (χ3n) is 4.65. The second kappa shape index (κ2) is 8.70. The maximum atomic E-state index is 12.6. The highest BCUT2D eigenvalue weighted by Gasteiger charge is 2.22. The lowest BCUT2D eigenvalue weighted by Crippen LogP contribution is -2.49. The van der Waals surface area contributed by atoms with Gasteiger partial charge in [0.15, 0.2) is 0 Å². The zero-order valence-corrected chi connectivity index (χ0v) is 16.2. The van der Waals surface area contributed by atoms with Crippen LogP contribution in [0.5, 0.6) is 5.75 Å². The van der Waals surface area contributed by atoms with E-state index < -0.39 is 0 Å². The summed E-state index contributed by atoms with van der Waals surface area (Å²) in [5.41, 5.74) is 1.00. The van der Waals surface area contributed by atoms with Gasteiger partial charge in [0.05, 0.1) is 13.5 Å². The number of rotatable bonds is 6. The lowest BCUT2D eigenvalue weighted by atomic mass is 10.1. The van der Waals surface area contributed by atoms with E-state index >= 15 is 0 Å². The molecule has 2 aromatic rings. The lowest BCUT2D eigenvalue weighted by molar-refractivity contribution is -0.130. The predicted octanol–water partition coefficient (Wildman–Crippen LogP) is 2.12. The van der Waals surface area contributed by atoms with Gasteiger partial charge in [0.25, 0.3) is 0 Å². The van der Waals surface area contributed by atoms with E-state index in [9.17, 15) is 4.79 Å². The molecule has 2 heterocycles. The fourth-order valence-electron chi connectivity index (χ4n) is 3.20. The third kappa shape index (κ3) is 4.87. The van der Waals surface area contributed by atoms with Crippen LogP contribution in [0.25, 0.3) is 0 Å². The summed E-state index contributed by atoms with van der Waals surface area (Å²) in [6.07, 6.45) is 0.418. The molecule has 1 aromatic heterocycles. The molecule has 3 rings (SSSR count). The highest BCUT2D eigenvalue weighted by Crippen LogP contribution is 2.18. The van der Waals surface area contributed by atoms with E-state index in [1.165, 1.54) is 0 Å². The maximum Gasteiger partial charge on any atom is 0.227 e. The topological polar surface area (TPSA) is 70.6 Å². The molecule has 7 nitrogen and oxygen atoms in total. The van der Waals surface area contributed by atoms with Crippen LogP contribution in [-0.2, 0) is 11.2 Å². The average Bonchev–Trinajstić information content (AvgIpc) is 2.68. The number of hydrogen-bond acceptors (Lipinski definition) is 6. The zero-order valence-electron chi connectivity index (χ0n) is 16.2. The first-order valence-electron chi connectivity index (χ1n) is 9.34. The number of aryl methyl sites for hydroxylation is 1. The number of benzene rings is 1. The summed E-state index contributed by atoms with van der Waals surface area (Å²) in [5, 5.41) is 3.24. The molecule has 0 bridgehead atoms. The Bertz CT molecular complexity index is 770. The SMILES string of the molecule is CCNc1cc(N2CCN(C(=O)Cc3ccc(OC)cc3)CC2)nc(C)n1. The molecule has 0 saturated carbocycles. The van der Waals surface area contributed by atoms with E-state index in [-0.39, 0.29) is 5.91 Å². The van der Waals surface area contributed by atoms with E-state index in [0.717, 1.165) is 48.4 Å². The van der Waals surface area contributed by atoms with Gasteiger partial charge in [-0.05, 0) is 31.5 Å². The smallest absolute Gasteiger partial charge is 0.227 e. The van der Waals surface area contributed by atoms with Gasteiger partial charge in [0.1, 0.15) is 23.2 Å². The summed E-state index contributed by atoms with van der Waals surface area (Å²) in [6, 6.07) is 9.64. The van der Waals surface area contributed by atoms with E-state index in [4.69, 9.17) is 4.74 Å². The molecule has 1 saturated heterocycles. The van der Waals surface area contributed by atoms with Crippen LogP contribution in [0.4, 0.5) is 11.6 Å². The van der Waals surface area contributed by atoms with Crippen LogP contribution in [0.1, 0.15) is 18.3 Å². The standard InChI is InChI=1S/C20H27N5O2/c1-4-21-18-14-19(23-15(2)22-18)24-9-11-25(12-10-24)20(26)13-16-5-7-17(27-3)8-6-16/h5-8,14H,4,9-13H2,1-3H3,(H,21,22,23). The van der Waals surface area contributed by atoms with Crippen LogP contribution in [0, 0.1) is 6.92 Å². The molecular formula is C20H27N5O2. The summed E-state index contributed by atoms with van der Waals surface area (Å²) in [6.45, 7) is 7.72. The van der Waals surface area contributed by atoms with E-state index in [1.54, 1.807) is 7.11 Å². The quantitative estimate of drug-likeness (QED) is 0.841. The van der Waals surface area contributed by atoms with E-state index in [0.29, 0.717) is 19.5 Å². The summed E-state index contributed by atoms with van der Waals surface area (Å²) in [4.78, 5) is 25.7. The Balaban J connectivity index is 1.57. The van der Waals surface area contributed by atoms with Gasteiger partial charge in [-0.1, -0.05) is 12.1 Å². The number of nitrogens with one attached hydrogen (secondary N) is 1. The zero-order chi connectivity index (χ0) is 19.2. The fourth-order valence-corrected chi connectivity index (χ4v) is 3.20. The van der Waals surface area contributed by atoms with Gasteiger partial charge < -0.3 is 19.9 Å². The minimum absolute atomic E-state index is 0.159. The molecule has 0 unspecified atom stereocenters. The first-order chi connectivity index (χ1) is 13.1. The van der Waals surface area contributed by atoms with E-state index in [2.05, 4.69) is 20.2 Å². The fraction of sp³-hybridized carbons (Fsp3) is 0.450. The van der Waals surface area contributed by atoms with Gasteiger partial charge >= 0.3 is 0 Å². The average molecular weight is 369 g/mol. The molecule has 7 heteroatoms. The first-order valence-corrected chi connectivity index (χ1v) is 9.34. The Morgan fingerprint density at radius 1 is 1.15 bits per heavy atom. The lowest BCUT2D eigenvalue weighted by Gasteiger charge is -2.35. The Morgan fingerprint density at radius 3 is 2.48 bits per heavy atom. The number of nitrogens with zero attached hydrogens (tertiary/aromatic N) is 4. The third-order valence-corrected chi connectivity index (χ3v) is 4.65. The Labute approximate surface area is 160 Å². The monoisotopic (exact) mass is 369 g/mol. The van der Waals surface area contributed by atoms with Gasteiger partial charge in [-0.25, -0.2) is 9.97 Å². The molecule has 0 spiro atoms. The second-order valence-corrected chi connectivity index (χ2v) is 6.58. The number of hydrogen-bond donors (Lipinski definition) is 1. The maximum absolute atomic E-state index is 12.6. The van der Waals surface area contributed by atoms with Crippen molar-refractivity contribution in [2.45, 2.75) is 20.3 Å². The van der Waals surface area contributed by atoms with Crippen LogP contribution in [0.2, 0.25) is 0 Å². The van der Waals surface area contributed by atoms with Crippen LogP contribution in [0.3, 0.4) is 0 Å². The molecule has 1 aliphatic rings. The summed E-state index contributed by atoms with van der Waals surface area (Å²) in [5.74, 6) is 3.48. The van der Waals surface area contributed by atoms with Gasteiger partial charge in [0.2, 0.25) is 5.91 Å². The molecule has 0 atom stereocenters. The van der Waals surface area contributed by atoms with Crippen molar-refractivity contribution in [1.29, 1.82) is 0 Å². The Hall–Kier alpha value is -2.83. The molecule has 1 amide bonds. The number of carbonyl (C=O) groups is 1. The largest absolute Gasteiger partial charge is 0.497 e. The van der Waals surface area contributed by atoms with Crippen LogP contribution in [0.15, 0.2) is 30.3 Å². The molecule has 1 aromatic carbocycles. The molecule has 27 heavy (non-hydrogen) atoms. The van der Waals surface area contributed by atoms with Crippen molar-refractivity contribution in [3.63, 3.8) is 0 Å². The number of ether oxygens (including phenoxy) is 1. The second-order valence-electron chi connectivity index (χ2n) is 6.58. The Kier molecular flexibility index (Phi) is 6.11. The predicted molar refractivity (Wildman–Crippen MR) is 106 cm³/mol. The van der Waals surface area contributed by atoms with E-state index in [1.807, 2.05) is 49.1 Å². The first kappa shape index (κ1) is 18.9.